The van der Waals surface area contributed by atoms with Gasteiger partial charge in [-0.2, -0.15) is 0 Å². The van der Waals surface area contributed by atoms with E-state index in [2.05, 4.69) is 80.5 Å². The average Bonchev–Trinajstić information content (AvgIpc) is 2.45. The molecule has 0 aliphatic carbocycles. The van der Waals surface area contributed by atoms with Crippen molar-refractivity contribution in [2.24, 2.45) is 0 Å². The van der Waals surface area contributed by atoms with Crippen molar-refractivity contribution in [1.82, 2.24) is 5.32 Å². The number of halogens is 2. The Labute approximate surface area is 136 Å². The van der Waals surface area contributed by atoms with Gasteiger partial charge in [-0.15, -0.1) is 0 Å². The minimum atomic E-state index is 0.309. The Hall–Kier alpha value is -0.840. The van der Waals surface area contributed by atoms with Gasteiger partial charge in [-0.25, -0.2) is 0 Å². The van der Waals surface area contributed by atoms with Gasteiger partial charge in [0, 0.05) is 17.1 Å². The molecule has 1 atom stereocenters. The summed E-state index contributed by atoms with van der Waals surface area (Å²) in [5.41, 5.74) is 2.50. The maximum Gasteiger partial charge on any atom is 0.133 e. The SMILES string of the molecule is COc1ccc(CN[C@H](C)c2ccc(Br)cc2)cc1Br. The molecule has 0 aliphatic heterocycles. The molecule has 1 N–H and O–H groups in total. The van der Waals surface area contributed by atoms with Crippen molar-refractivity contribution in [2.45, 2.75) is 19.5 Å². The van der Waals surface area contributed by atoms with Crippen LogP contribution in [0, 0.1) is 0 Å². The van der Waals surface area contributed by atoms with E-state index in [0.29, 0.717) is 6.04 Å². The van der Waals surface area contributed by atoms with Gasteiger partial charge in [0.05, 0.1) is 11.6 Å². The van der Waals surface area contributed by atoms with E-state index in [-0.39, 0.29) is 0 Å². The fraction of sp³-hybridized carbons (Fsp3) is 0.250. The van der Waals surface area contributed by atoms with E-state index >= 15 is 0 Å². The molecule has 0 saturated heterocycles. The minimum Gasteiger partial charge on any atom is -0.496 e. The van der Waals surface area contributed by atoms with Crippen LogP contribution in [0.15, 0.2) is 51.4 Å². The molecule has 0 amide bonds. The van der Waals surface area contributed by atoms with Gasteiger partial charge in [-0.3, -0.25) is 0 Å². The molecule has 0 spiro atoms. The van der Waals surface area contributed by atoms with Crippen LogP contribution in [0.3, 0.4) is 0 Å². The molecule has 2 rings (SSSR count). The zero-order valence-corrected chi connectivity index (χ0v) is 14.7. The van der Waals surface area contributed by atoms with Crippen LogP contribution in [0.1, 0.15) is 24.1 Å². The quantitative estimate of drug-likeness (QED) is 0.758. The third-order valence-corrected chi connectivity index (χ3v) is 4.35. The standard InChI is InChI=1S/C16H17Br2NO/c1-11(13-4-6-14(17)7-5-13)19-10-12-3-8-16(20-2)15(18)9-12/h3-9,11,19H,10H2,1-2H3/t11-/m1/s1. The van der Waals surface area contributed by atoms with E-state index in [4.69, 9.17) is 4.74 Å². The first-order valence-electron chi connectivity index (χ1n) is 6.41. The molecule has 2 aromatic rings. The van der Waals surface area contributed by atoms with Crippen LogP contribution in [-0.4, -0.2) is 7.11 Å². The number of rotatable bonds is 5. The van der Waals surface area contributed by atoms with Crippen LogP contribution in [0.5, 0.6) is 5.75 Å². The van der Waals surface area contributed by atoms with Gasteiger partial charge in [0.15, 0.2) is 0 Å². The molecule has 0 heterocycles. The lowest BCUT2D eigenvalue weighted by Gasteiger charge is -2.15. The monoisotopic (exact) mass is 397 g/mol. The summed E-state index contributed by atoms with van der Waals surface area (Å²) in [7, 11) is 1.67. The molecule has 0 aromatic heterocycles. The summed E-state index contributed by atoms with van der Waals surface area (Å²) in [6, 6.07) is 14.8. The fourth-order valence-corrected chi connectivity index (χ4v) is 2.81. The summed E-state index contributed by atoms with van der Waals surface area (Å²) in [6.45, 7) is 2.99. The second-order valence-electron chi connectivity index (χ2n) is 4.62. The lowest BCUT2D eigenvalue weighted by molar-refractivity contribution is 0.412. The lowest BCUT2D eigenvalue weighted by Crippen LogP contribution is -2.18. The minimum absolute atomic E-state index is 0.309. The number of ether oxygens (including phenoxy) is 1. The maximum atomic E-state index is 5.23. The summed E-state index contributed by atoms with van der Waals surface area (Å²) in [5, 5.41) is 3.52. The Kier molecular flexibility index (Phi) is 5.64. The van der Waals surface area contributed by atoms with Crippen LogP contribution in [0.25, 0.3) is 0 Å². The van der Waals surface area contributed by atoms with Crippen LogP contribution < -0.4 is 10.1 Å². The highest BCUT2D eigenvalue weighted by Gasteiger charge is 2.06. The van der Waals surface area contributed by atoms with E-state index in [1.165, 1.54) is 11.1 Å². The van der Waals surface area contributed by atoms with Crippen molar-refractivity contribution < 1.29 is 4.74 Å². The van der Waals surface area contributed by atoms with Crippen molar-refractivity contribution >= 4 is 31.9 Å². The number of hydrogen-bond acceptors (Lipinski definition) is 2. The van der Waals surface area contributed by atoms with Crippen LogP contribution in [0.2, 0.25) is 0 Å². The molecule has 20 heavy (non-hydrogen) atoms. The van der Waals surface area contributed by atoms with Gasteiger partial charge in [0.2, 0.25) is 0 Å². The van der Waals surface area contributed by atoms with E-state index in [0.717, 1.165) is 21.2 Å². The molecular formula is C16H17Br2NO. The predicted molar refractivity (Wildman–Crippen MR) is 90.1 cm³/mol. The number of methoxy groups -OCH3 is 1. The third-order valence-electron chi connectivity index (χ3n) is 3.20. The summed E-state index contributed by atoms with van der Waals surface area (Å²) in [4.78, 5) is 0. The number of hydrogen-bond donors (Lipinski definition) is 1. The first-order chi connectivity index (χ1) is 9.60. The van der Waals surface area contributed by atoms with Gasteiger partial charge in [-0.05, 0) is 58.2 Å². The molecule has 0 unspecified atom stereocenters. The molecule has 0 aliphatic rings. The topological polar surface area (TPSA) is 21.3 Å². The molecule has 0 fully saturated rings. The molecule has 0 radical (unpaired) electrons. The second kappa shape index (κ2) is 7.25. The molecule has 0 bridgehead atoms. The van der Waals surface area contributed by atoms with E-state index < -0.39 is 0 Å². The average molecular weight is 399 g/mol. The maximum absolute atomic E-state index is 5.23. The Morgan fingerprint density at radius 2 is 1.80 bits per heavy atom. The van der Waals surface area contributed by atoms with Crippen molar-refractivity contribution in [3.05, 3.63) is 62.5 Å². The van der Waals surface area contributed by atoms with Gasteiger partial charge < -0.3 is 10.1 Å². The van der Waals surface area contributed by atoms with E-state index in [9.17, 15) is 0 Å². The van der Waals surface area contributed by atoms with Gasteiger partial charge in [-0.1, -0.05) is 34.1 Å². The summed E-state index contributed by atoms with van der Waals surface area (Å²) >= 11 is 6.96. The highest BCUT2D eigenvalue weighted by molar-refractivity contribution is 9.10. The molecule has 2 nitrogen and oxygen atoms in total. The van der Waals surface area contributed by atoms with E-state index in [1.807, 2.05) is 6.07 Å². The van der Waals surface area contributed by atoms with Gasteiger partial charge in [0.25, 0.3) is 0 Å². The Morgan fingerprint density at radius 1 is 1.10 bits per heavy atom. The van der Waals surface area contributed by atoms with Crippen LogP contribution >= 0.6 is 31.9 Å². The van der Waals surface area contributed by atoms with Crippen molar-refractivity contribution in [3.8, 4) is 5.75 Å². The molecule has 2 aromatic carbocycles. The van der Waals surface area contributed by atoms with Crippen LogP contribution in [0.4, 0.5) is 0 Å². The van der Waals surface area contributed by atoms with Crippen molar-refractivity contribution in [2.75, 3.05) is 7.11 Å². The van der Waals surface area contributed by atoms with E-state index in [1.54, 1.807) is 7.11 Å². The van der Waals surface area contributed by atoms with Crippen molar-refractivity contribution in [3.63, 3.8) is 0 Å². The van der Waals surface area contributed by atoms with Crippen molar-refractivity contribution in [1.29, 1.82) is 0 Å². The van der Waals surface area contributed by atoms with Gasteiger partial charge in [0.1, 0.15) is 5.75 Å². The predicted octanol–water partition coefficient (Wildman–Crippen LogP) is 5.07. The summed E-state index contributed by atoms with van der Waals surface area (Å²) in [5.74, 6) is 0.856. The Morgan fingerprint density at radius 3 is 2.40 bits per heavy atom. The fourth-order valence-electron chi connectivity index (χ4n) is 1.96. The number of benzene rings is 2. The highest BCUT2D eigenvalue weighted by atomic mass is 79.9. The Bertz CT molecular complexity index is 569. The molecule has 4 heteroatoms. The zero-order chi connectivity index (χ0) is 14.5. The van der Waals surface area contributed by atoms with Crippen LogP contribution in [-0.2, 0) is 6.54 Å². The Balaban J connectivity index is 1.97. The largest absolute Gasteiger partial charge is 0.496 e. The van der Waals surface area contributed by atoms with Gasteiger partial charge >= 0.3 is 0 Å². The normalized spacial score (nSPS) is 12.2. The zero-order valence-electron chi connectivity index (χ0n) is 11.5. The highest BCUT2D eigenvalue weighted by Crippen LogP contribution is 2.25. The second-order valence-corrected chi connectivity index (χ2v) is 6.39. The summed E-state index contributed by atoms with van der Waals surface area (Å²) in [6.07, 6.45) is 0. The first kappa shape index (κ1) is 15.5. The smallest absolute Gasteiger partial charge is 0.133 e. The third kappa shape index (κ3) is 4.08. The lowest BCUT2D eigenvalue weighted by atomic mass is 10.1. The molecular weight excluding hydrogens is 382 g/mol. The molecule has 0 saturated carbocycles. The first-order valence-corrected chi connectivity index (χ1v) is 8.00. The molecule has 106 valence electrons. The summed E-state index contributed by atoms with van der Waals surface area (Å²) < 4.78 is 7.32. The number of nitrogens with one attached hydrogen (secondary N) is 1.